The van der Waals surface area contributed by atoms with Crippen LogP contribution >= 0.6 is 0 Å². The molecule has 1 atom stereocenters. The molecule has 64 valence electrons. The molecule has 2 rings (SSSR count). The van der Waals surface area contributed by atoms with Crippen LogP contribution in [-0.4, -0.2) is 0 Å². The van der Waals surface area contributed by atoms with Gasteiger partial charge in [-0.25, -0.2) is 0 Å². The van der Waals surface area contributed by atoms with Gasteiger partial charge in [-0.1, -0.05) is 43.7 Å². The molecule has 1 aliphatic carbocycles. The second-order valence-corrected chi connectivity index (χ2v) is 4.66. The lowest BCUT2D eigenvalue weighted by Gasteiger charge is -2.03. The normalized spacial score (nSPS) is 25.4. The second-order valence-electron chi connectivity index (χ2n) is 4.66. The highest BCUT2D eigenvalue weighted by atomic mass is 14.5. The summed E-state index contributed by atoms with van der Waals surface area (Å²) in [5.74, 6) is 0.817. The average Bonchev–Trinajstić information content (AvgIpc) is 2.60. The molecule has 1 aliphatic rings. The summed E-state index contributed by atoms with van der Waals surface area (Å²) >= 11 is 0. The summed E-state index contributed by atoms with van der Waals surface area (Å²) in [5, 5.41) is 0. The first-order valence-electron chi connectivity index (χ1n) is 4.66. The van der Waals surface area contributed by atoms with E-state index in [4.69, 9.17) is 0 Å². The zero-order chi connectivity index (χ0) is 8.77. The second kappa shape index (κ2) is 2.35. The topological polar surface area (TPSA) is 0 Å². The third kappa shape index (κ3) is 1.26. The van der Waals surface area contributed by atoms with E-state index in [2.05, 4.69) is 45.0 Å². The van der Waals surface area contributed by atoms with Crippen molar-refractivity contribution in [2.24, 2.45) is 5.41 Å². The van der Waals surface area contributed by atoms with Gasteiger partial charge in [-0.05, 0) is 30.2 Å². The highest BCUT2D eigenvalue weighted by Crippen LogP contribution is 2.58. The first-order valence-corrected chi connectivity index (χ1v) is 4.66. The van der Waals surface area contributed by atoms with Crippen LogP contribution in [0.5, 0.6) is 0 Å². The minimum Gasteiger partial charge on any atom is -0.0617 e. The number of rotatable bonds is 1. The molecule has 0 radical (unpaired) electrons. The van der Waals surface area contributed by atoms with Crippen LogP contribution in [0.2, 0.25) is 0 Å². The van der Waals surface area contributed by atoms with Crippen LogP contribution in [0.4, 0.5) is 0 Å². The van der Waals surface area contributed by atoms with E-state index in [-0.39, 0.29) is 0 Å². The Morgan fingerprint density at radius 2 is 2.00 bits per heavy atom. The molecule has 0 bridgehead atoms. The molecule has 12 heavy (non-hydrogen) atoms. The van der Waals surface area contributed by atoms with Gasteiger partial charge in [0.2, 0.25) is 0 Å². The Balaban J connectivity index is 2.26. The lowest BCUT2D eigenvalue weighted by molar-refractivity contribution is 0.621. The van der Waals surface area contributed by atoms with Gasteiger partial charge in [0, 0.05) is 0 Å². The summed E-state index contributed by atoms with van der Waals surface area (Å²) in [7, 11) is 0. The number of aryl methyl sites for hydroxylation is 1. The highest BCUT2D eigenvalue weighted by molar-refractivity contribution is 5.31. The number of hydrogen-bond acceptors (Lipinski definition) is 0. The molecule has 0 amide bonds. The number of hydrogen-bond donors (Lipinski definition) is 0. The van der Waals surface area contributed by atoms with E-state index in [0.29, 0.717) is 5.41 Å². The Morgan fingerprint density at radius 1 is 1.33 bits per heavy atom. The van der Waals surface area contributed by atoms with E-state index in [0.717, 1.165) is 5.92 Å². The van der Waals surface area contributed by atoms with Crippen molar-refractivity contribution < 1.29 is 0 Å². The molecule has 1 aromatic carbocycles. The van der Waals surface area contributed by atoms with Crippen molar-refractivity contribution in [3.05, 3.63) is 35.4 Å². The Bertz CT molecular complexity index is 297. The predicted octanol–water partition coefficient (Wildman–Crippen LogP) is 3.51. The summed E-state index contributed by atoms with van der Waals surface area (Å²) < 4.78 is 0. The molecule has 0 spiro atoms. The molecular weight excluding hydrogens is 144 g/mol. The van der Waals surface area contributed by atoms with Crippen LogP contribution in [0.25, 0.3) is 0 Å². The summed E-state index contributed by atoms with van der Waals surface area (Å²) in [6.45, 7) is 6.86. The van der Waals surface area contributed by atoms with E-state index in [1.165, 1.54) is 17.5 Å². The van der Waals surface area contributed by atoms with Crippen molar-refractivity contribution in [2.45, 2.75) is 33.1 Å². The van der Waals surface area contributed by atoms with Crippen molar-refractivity contribution in [3.8, 4) is 0 Å². The zero-order valence-corrected chi connectivity index (χ0v) is 8.09. The largest absolute Gasteiger partial charge is 0.0617 e. The summed E-state index contributed by atoms with van der Waals surface area (Å²) in [6, 6.07) is 8.91. The molecule has 0 N–H and O–H groups in total. The molecule has 0 aliphatic heterocycles. The van der Waals surface area contributed by atoms with Crippen LogP contribution in [-0.2, 0) is 0 Å². The van der Waals surface area contributed by atoms with E-state index in [1.807, 2.05) is 0 Å². The Hall–Kier alpha value is -0.780. The third-order valence-corrected chi connectivity index (χ3v) is 2.96. The zero-order valence-electron chi connectivity index (χ0n) is 8.09. The fourth-order valence-corrected chi connectivity index (χ4v) is 1.92. The van der Waals surface area contributed by atoms with Gasteiger partial charge >= 0.3 is 0 Å². The quantitative estimate of drug-likeness (QED) is 0.589. The molecule has 0 aromatic heterocycles. The van der Waals surface area contributed by atoms with Crippen molar-refractivity contribution in [1.82, 2.24) is 0 Å². The standard InChI is InChI=1S/C12H16/c1-9-5-4-6-10(7-9)11-8-12(11,2)3/h4-7,11H,8H2,1-3H3. The van der Waals surface area contributed by atoms with Crippen LogP contribution < -0.4 is 0 Å². The van der Waals surface area contributed by atoms with Crippen molar-refractivity contribution >= 4 is 0 Å². The molecule has 0 nitrogen and oxygen atoms in total. The summed E-state index contributed by atoms with van der Waals surface area (Å²) in [5.41, 5.74) is 3.48. The van der Waals surface area contributed by atoms with Gasteiger partial charge in [0.1, 0.15) is 0 Å². The molecule has 0 heteroatoms. The van der Waals surface area contributed by atoms with Crippen LogP contribution in [0.3, 0.4) is 0 Å². The third-order valence-electron chi connectivity index (χ3n) is 2.96. The molecule has 1 aromatic rings. The highest BCUT2D eigenvalue weighted by Gasteiger charge is 2.46. The van der Waals surface area contributed by atoms with E-state index in [1.54, 1.807) is 0 Å². The molecule has 0 heterocycles. The lowest BCUT2D eigenvalue weighted by atomic mass is 10.0. The minimum atomic E-state index is 0.563. The summed E-state index contributed by atoms with van der Waals surface area (Å²) in [6.07, 6.45) is 1.36. The molecular formula is C12H16. The lowest BCUT2D eigenvalue weighted by Crippen LogP contribution is -1.89. The van der Waals surface area contributed by atoms with Gasteiger partial charge in [-0.2, -0.15) is 0 Å². The average molecular weight is 160 g/mol. The van der Waals surface area contributed by atoms with Crippen LogP contribution in [0.1, 0.15) is 37.3 Å². The van der Waals surface area contributed by atoms with Gasteiger partial charge < -0.3 is 0 Å². The van der Waals surface area contributed by atoms with Gasteiger partial charge in [-0.3, -0.25) is 0 Å². The van der Waals surface area contributed by atoms with E-state index in [9.17, 15) is 0 Å². The Kier molecular flexibility index (Phi) is 1.54. The van der Waals surface area contributed by atoms with Crippen LogP contribution in [0.15, 0.2) is 24.3 Å². The molecule has 1 unspecified atom stereocenters. The Labute approximate surface area is 74.6 Å². The SMILES string of the molecule is Cc1cccc(C2CC2(C)C)c1. The first kappa shape index (κ1) is 7.85. The van der Waals surface area contributed by atoms with E-state index >= 15 is 0 Å². The Morgan fingerprint density at radius 3 is 2.50 bits per heavy atom. The van der Waals surface area contributed by atoms with Gasteiger partial charge in [0.25, 0.3) is 0 Å². The maximum Gasteiger partial charge on any atom is -0.0105 e. The monoisotopic (exact) mass is 160 g/mol. The van der Waals surface area contributed by atoms with Crippen LogP contribution in [0, 0.1) is 12.3 Å². The smallest absolute Gasteiger partial charge is 0.0105 e. The maximum absolute atomic E-state index is 2.35. The first-order chi connectivity index (χ1) is 5.59. The summed E-state index contributed by atoms with van der Waals surface area (Å²) in [4.78, 5) is 0. The fourth-order valence-electron chi connectivity index (χ4n) is 1.92. The fraction of sp³-hybridized carbons (Fsp3) is 0.500. The van der Waals surface area contributed by atoms with E-state index < -0.39 is 0 Å². The molecule has 0 saturated heterocycles. The minimum absolute atomic E-state index is 0.563. The van der Waals surface area contributed by atoms with Crippen molar-refractivity contribution in [3.63, 3.8) is 0 Å². The maximum atomic E-state index is 2.35. The van der Waals surface area contributed by atoms with Crippen molar-refractivity contribution in [2.75, 3.05) is 0 Å². The van der Waals surface area contributed by atoms with Gasteiger partial charge in [-0.15, -0.1) is 0 Å². The molecule has 1 fully saturated rings. The number of benzene rings is 1. The van der Waals surface area contributed by atoms with Gasteiger partial charge in [0.15, 0.2) is 0 Å². The predicted molar refractivity (Wildman–Crippen MR) is 52.3 cm³/mol. The van der Waals surface area contributed by atoms with Gasteiger partial charge in [0.05, 0.1) is 0 Å². The molecule has 1 saturated carbocycles. The van der Waals surface area contributed by atoms with Crippen molar-refractivity contribution in [1.29, 1.82) is 0 Å².